The number of imidazole rings is 1. The fourth-order valence-electron chi connectivity index (χ4n) is 3.30. The number of fused-ring (bicyclic) bond motifs is 1. The van der Waals surface area contributed by atoms with Crippen LogP contribution in [0.25, 0.3) is 22.7 Å². The third-order valence-corrected chi connectivity index (χ3v) is 4.93. The van der Waals surface area contributed by atoms with E-state index in [2.05, 4.69) is 11.1 Å². The molecule has 158 valence electrons. The van der Waals surface area contributed by atoms with Gasteiger partial charge in [-0.05, 0) is 60.2 Å². The van der Waals surface area contributed by atoms with Crippen molar-refractivity contribution in [2.45, 2.75) is 0 Å². The minimum absolute atomic E-state index is 0.209. The van der Waals surface area contributed by atoms with E-state index >= 15 is 0 Å². The second-order valence-electron chi connectivity index (χ2n) is 6.96. The maximum Gasteiger partial charge on any atom is 0.343 e. The van der Waals surface area contributed by atoms with Gasteiger partial charge >= 0.3 is 5.97 Å². The number of nitrogens with zero attached hydrogens (tertiary/aromatic N) is 3. The summed E-state index contributed by atoms with van der Waals surface area (Å²) in [4.78, 5) is 16.9. The average Bonchev–Trinajstić information content (AvgIpc) is 3.15. The number of rotatable bonds is 5. The van der Waals surface area contributed by atoms with Crippen molar-refractivity contribution < 1.29 is 18.7 Å². The average molecular weight is 427 g/mol. The molecule has 1 heterocycles. The number of hydrogen-bond acceptors (Lipinski definition) is 5. The maximum atomic E-state index is 13.1. The summed E-state index contributed by atoms with van der Waals surface area (Å²) in [7, 11) is 3.31. The van der Waals surface area contributed by atoms with Crippen LogP contribution in [0.5, 0.6) is 11.5 Å². The van der Waals surface area contributed by atoms with Gasteiger partial charge in [-0.1, -0.05) is 18.2 Å². The number of carbonyl (C=O) groups excluding carboxylic acids is 1. The Balaban J connectivity index is 1.64. The van der Waals surface area contributed by atoms with Crippen LogP contribution in [0.4, 0.5) is 4.39 Å². The van der Waals surface area contributed by atoms with Crippen LogP contribution < -0.4 is 9.47 Å². The highest BCUT2D eigenvalue weighted by atomic mass is 19.1. The van der Waals surface area contributed by atoms with Gasteiger partial charge in [0.05, 0.1) is 29.3 Å². The first kappa shape index (κ1) is 20.8. The largest absolute Gasteiger partial charge is 0.493 e. The van der Waals surface area contributed by atoms with Crippen molar-refractivity contribution in [1.82, 2.24) is 9.55 Å². The summed E-state index contributed by atoms with van der Waals surface area (Å²) in [5.41, 5.74) is 2.98. The topological polar surface area (TPSA) is 77.1 Å². The van der Waals surface area contributed by atoms with E-state index in [0.717, 1.165) is 11.0 Å². The molecule has 1 aromatic heterocycles. The standard InChI is InChI=1S/C25H18FN3O3/c1-29-21-6-4-3-5-20(21)28-24(29)18(15-27)13-16-7-12-22(23(14-16)31-2)32-25(30)17-8-10-19(26)11-9-17/h3-14H,1-2H3/b18-13+. The number of para-hydroxylation sites is 2. The number of methoxy groups -OCH3 is 1. The Morgan fingerprint density at radius 1 is 1.09 bits per heavy atom. The van der Waals surface area contributed by atoms with Crippen molar-refractivity contribution in [1.29, 1.82) is 5.26 Å². The summed E-state index contributed by atoms with van der Waals surface area (Å²) in [5.74, 6) is -0.00983. The normalized spacial score (nSPS) is 11.2. The predicted octanol–water partition coefficient (Wildman–Crippen LogP) is 5.00. The van der Waals surface area contributed by atoms with Gasteiger partial charge in [0, 0.05) is 7.05 Å². The fourth-order valence-corrected chi connectivity index (χ4v) is 3.30. The number of aryl methyl sites for hydroxylation is 1. The Bertz CT molecular complexity index is 1380. The summed E-state index contributed by atoms with van der Waals surface area (Å²) in [5, 5.41) is 9.74. The van der Waals surface area contributed by atoms with E-state index in [0.29, 0.717) is 22.7 Å². The van der Waals surface area contributed by atoms with E-state index in [9.17, 15) is 14.4 Å². The lowest BCUT2D eigenvalue weighted by molar-refractivity contribution is 0.0729. The van der Waals surface area contributed by atoms with Crippen molar-refractivity contribution in [2.24, 2.45) is 7.05 Å². The third kappa shape index (κ3) is 4.07. The highest BCUT2D eigenvalue weighted by Crippen LogP contribution is 2.31. The molecule has 0 atom stereocenters. The molecule has 0 aliphatic heterocycles. The molecule has 0 N–H and O–H groups in total. The lowest BCUT2D eigenvalue weighted by Gasteiger charge is -2.10. The maximum absolute atomic E-state index is 13.1. The quantitative estimate of drug-likeness (QED) is 0.254. The van der Waals surface area contributed by atoms with Crippen LogP contribution in [-0.2, 0) is 7.05 Å². The molecule has 0 aliphatic carbocycles. The van der Waals surface area contributed by atoms with Gasteiger partial charge in [-0.3, -0.25) is 0 Å². The number of esters is 1. The van der Waals surface area contributed by atoms with Gasteiger partial charge in [-0.25, -0.2) is 14.2 Å². The van der Waals surface area contributed by atoms with Gasteiger partial charge in [-0.2, -0.15) is 5.26 Å². The van der Waals surface area contributed by atoms with E-state index in [1.54, 1.807) is 24.3 Å². The SMILES string of the molecule is COc1cc(/C=C(\C#N)c2nc3ccccc3n2C)ccc1OC(=O)c1ccc(F)cc1. The van der Waals surface area contributed by atoms with Crippen LogP contribution in [0.2, 0.25) is 0 Å². The summed E-state index contributed by atoms with van der Waals surface area (Å²) in [6, 6.07) is 19.8. The first-order valence-corrected chi connectivity index (χ1v) is 9.69. The Labute approximate surface area is 183 Å². The molecule has 3 aromatic carbocycles. The number of benzene rings is 3. The van der Waals surface area contributed by atoms with Gasteiger partial charge in [0.1, 0.15) is 11.9 Å². The van der Waals surface area contributed by atoms with Crippen LogP contribution in [-0.4, -0.2) is 22.6 Å². The van der Waals surface area contributed by atoms with E-state index in [1.807, 2.05) is 35.9 Å². The smallest absolute Gasteiger partial charge is 0.343 e. The Morgan fingerprint density at radius 2 is 1.84 bits per heavy atom. The Kier molecular flexibility index (Phi) is 5.69. The lowest BCUT2D eigenvalue weighted by atomic mass is 10.1. The molecule has 0 bridgehead atoms. The van der Waals surface area contributed by atoms with Crippen molar-refractivity contribution in [2.75, 3.05) is 7.11 Å². The zero-order chi connectivity index (χ0) is 22.7. The highest BCUT2D eigenvalue weighted by Gasteiger charge is 2.15. The van der Waals surface area contributed by atoms with Crippen LogP contribution in [0.3, 0.4) is 0 Å². The van der Waals surface area contributed by atoms with E-state index in [1.165, 1.54) is 31.4 Å². The molecular weight excluding hydrogens is 409 g/mol. The van der Waals surface area contributed by atoms with Gasteiger partial charge < -0.3 is 14.0 Å². The monoisotopic (exact) mass is 427 g/mol. The zero-order valence-electron chi connectivity index (χ0n) is 17.4. The molecule has 4 rings (SSSR count). The Morgan fingerprint density at radius 3 is 2.53 bits per heavy atom. The molecule has 6 nitrogen and oxygen atoms in total. The summed E-state index contributed by atoms with van der Waals surface area (Å²) in [6.45, 7) is 0. The molecule has 0 amide bonds. The van der Waals surface area contributed by atoms with Crippen LogP contribution in [0, 0.1) is 17.1 Å². The summed E-state index contributed by atoms with van der Waals surface area (Å²) < 4.78 is 25.7. The molecule has 0 unspecified atom stereocenters. The van der Waals surface area contributed by atoms with E-state index in [-0.39, 0.29) is 11.3 Å². The van der Waals surface area contributed by atoms with Crippen molar-refractivity contribution >= 4 is 28.7 Å². The van der Waals surface area contributed by atoms with Gasteiger partial charge in [-0.15, -0.1) is 0 Å². The van der Waals surface area contributed by atoms with E-state index in [4.69, 9.17) is 9.47 Å². The molecule has 0 saturated carbocycles. The first-order valence-electron chi connectivity index (χ1n) is 9.69. The molecule has 0 spiro atoms. The molecule has 0 radical (unpaired) electrons. The molecule has 4 aromatic rings. The van der Waals surface area contributed by atoms with Crippen molar-refractivity contribution in [3.05, 3.63) is 89.5 Å². The number of aromatic nitrogens is 2. The molecule has 0 fully saturated rings. The molecule has 0 aliphatic rings. The first-order chi connectivity index (χ1) is 15.5. The highest BCUT2D eigenvalue weighted by molar-refractivity contribution is 5.92. The van der Waals surface area contributed by atoms with E-state index < -0.39 is 11.8 Å². The Hall–Kier alpha value is -4.44. The predicted molar refractivity (Wildman–Crippen MR) is 119 cm³/mol. The minimum atomic E-state index is -0.635. The molecule has 0 saturated heterocycles. The molecule has 7 heteroatoms. The summed E-state index contributed by atoms with van der Waals surface area (Å²) in [6.07, 6.45) is 1.69. The third-order valence-electron chi connectivity index (χ3n) is 4.93. The number of carbonyl (C=O) groups is 1. The van der Waals surface area contributed by atoms with Crippen LogP contribution in [0.1, 0.15) is 21.7 Å². The second kappa shape index (κ2) is 8.74. The summed E-state index contributed by atoms with van der Waals surface area (Å²) >= 11 is 0. The van der Waals surface area contributed by atoms with Gasteiger partial charge in [0.2, 0.25) is 0 Å². The van der Waals surface area contributed by atoms with Crippen molar-refractivity contribution in [3.8, 4) is 17.6 Å². The fraction of sp³-hybridized carbons (Fsp3) is 0.0800. The zero-order valence-corrected chi connectivity index (χ0v) is 17.4. The van der Waals surface area contributed by atoms with Crippen molar-refractivity contribution in [3.63, 3.8) is 0 Å². The van der Waals surface area contributed by atoms with Crippen LogP contribution >= 0.6 is 0 Å². The minimum Gasteiger partial charge on any atom is -0.493 e. The molecular formula is C25H18FN3O3. The number of halogens is 1. The number of hydrogen-bond donors (Lipinski definition) is 0. The number of allylic oxidation sites excluding steroid dienone is 1. The van der Waals surface area contributed by atoms with Crippen LogP contribution in [0.15, 0.2) is 66.7 Å². The van der Waals surface area contributed by atoms with Gasteiger partial charge in [0.25, 0.3) is 0 Å². The molecule has 32 heavy (non-hydrogen) atoms. The number of ether oxygens (including phenoxy) is 2. The second-order valence-corrected chi connectivity index (χ2v) is 6.96. The van der Waals surface area contributed by atoms with Gasteiger partial charge in [0.15, 0.2) is 17.3 Å². The number of nitriles is 1. The lowest BCUT2D eigenvalue weighted by Crippen LogP contribution is -2.09.